The third-order valence-corrected chi connectivity index (χ3v) is 3.63. The fourth-order valence-corrected chi connectivity index (χ4v) is 2.36. The van der Waals surface area contributed by atoms with Crippen molar-refractivity contribution >= 4 is 5.91 Å². The van der Waals surface area contributed by atoms with Gasteiger partial charge in [-0.1, -0.05) is 23.4 Å². The lowest BCUT2D eigenvalue weighted by Gasteiger charge is -2.13. The van der Waals surface area contributed by atoms with Crippen LogP contribution in [-0.2, 0) is 0 Å². The van der Waals surface area contributed by atoms with E-state index in [1.807, 2.05) is 0 Å². The van der Waals surface area contributed by atoms with E-state index in [-0.39, 0.29) is 11.3 Å². The first-order chi connectivity index (χ1) is 11.9. The number of carbonyl (C=O) groups excluding carboxylic acids is 1. The third-order valence-electron chi connectivity index (χ3n) is 3.63. The van der Waals surface area contributed by atoms with Gasteiger partial charge in [-0.2, -0.15) is 0 Å². The molecule has 1 aromatic heterocycles. The van der Waals surface area contributed by atoms with Gasteiger partial charge < -0.3 is 9.84 Å². The van der Waals surface area contributed by atoms with Crippen molar-refractivity contribution in [1.82, 2.24) is 10.5 Å². The van der Waals surface area contributed by atoms with E-state index in [0.29, 0.717) is 11.3 Å². The summed E-state index contributed by atoms with van der Waals surface area (Å²) in [4.78, 5) is 12.2. The molecular formula is C18H13F3N2O2. The Kier molecular flexibility index (Phi) is 4.56. The van der Waals surface area contributed by atoms with E-state index in [0.717, 1.165) is 12.1 Å². The zero-order valence-electron chi connectivity index (χ0n) is 13.1. The molecule has 0 saturated carbocycles. The summed E-state index contributed by atoms with van der Waals surface area (Å²) in [6.45, 7) is 1.55. The molecule has 25 heavy (non-hydrogen) atoms. The average molecular weight is 346 g/mol. The molecular weight excluding hydrogens is 333 g/mol. The van der Waals surface area contributed by atoms with Gasteiger partial charge in [0.2, 0.25) is 5.76 Å². The maximum Gasteiger partial charge on any atom is 0.290 e. The second-order valence-corrected chi connectivity index (χ2v) is 5.45. The van der Waals surface area contributed by atoms with Crippen molar-refractivity contribution in [1.29, 1.82) is 0 Å². The van der Waals surface area contributed by atoms with E-state index >= 15 is 0 Å². The lowest BCUT2D eigenvalue weighted by atomic mass is 10.1. The Labute approximate surface area is 141 Å². The van der Waals surface area contributed by atoms with Gasteiger partial charge in [0.15, 0.2) is 0 Å². The number of nitrogens with one attached hydrogen (secondary N) is 1. The van der Waals surface area contributed by atoms with Gasteiger partial charge in [0.25, 0.3) is 5.91 Å². The highest BCUT2D eigenvalue weighted by atomic mass is 19.1. The summed E-state index contributed by atoms with van der Waals surface area (Å²) < 4.78 is 44.9. The second kappa shape index (κ2) is 6.80. The molecule has 1 unspecified atom stereocenters. The molecule has 0 spiro atoms. The third kappa shape index (κ3) is 3.71. The van der Waals surface area contributed by atoms with Crippen LogP contribution in [0.25, 0.3) is 11.3 Å². The van der Waals surface area contributed by atoms with Gasteiger partial charge in [0, 0.05) is 23.3 Å². The van der Waals surface area contributed by atoms with Crippen molar-refractivity contribution in [2.45, 2.75) is 13.0 Å². The van der Waals surface area contributed by atoms with Crippen LogP contribution in [0, 0.1) is 17.5 Å². The number of aromatic nitrogens is 1. The number of nitrogens with zero attached hydrogens (tertiary/aromatic N) is 1. The monoisotopic (exact) mass is 346 g/mol. The van der Waals surface area contributed by atoms with Gasteiger partial charge in [-0.05, 0) is 25.1 Å². The van der Waals surface area contributed by atoms with Crippen molar-refractivity contribution in [2.75, 3.05) is 0 Å². The first-order valence-electron chi connectivity index (χ1n) is 7.42. The Morgan fingerprint density at radius 2 is 1.84 bits per heavy atom. The molecule has 0 aliphatic carbocycles. The fourth-order valence-electron chi connectivity index (χ4n) is 2.36. The maximum atomic E-state index is 13.8. The first-order valence-corrected chi connectivity index (χ1v) is 7.42. The number of halogens is 3. The number of hydrogen-bond acceptors (Lipinski definition) is 3. The van der Waals surface area contributed by atoms with Crippen molar-refractivity contribution in [3.63, 3.8) is 0 Å². The van der Waals surface area contributed by atoms with Crippen LogP contribution in [-0.4, -0.2) is 11.1 Å². The van der Waals surface area contributed by atoms with E-state index in [1.165, 1.54) is 30.3 Å². The Bertz CT molecular complexity index is 924. The molecule has 0 bridgehead atoms. The minimum atomic E-state index is -0.759. The zero-order valence-corrected chi connectivity index (χ0v) is 13.1. The highest BCUT2D eigenvalue weighted by molar-refractivity contribution is 5.92. The molecule has 2 aromatic carbocycles. The van der Waals surface area contributed by atoms with E-state index < -0.39 is 29.4 Å². The Morgan fingerprint density at radius 1 is 1.08 bits per heavy atom. The molecule has 0 aliphatic rings. The number of rotatable bonds is 4. The lowest BCUT2D eigenvalue weighted by Crippen LogP contribution is -2.26. The van der Waals surface area contributed by atoms with E-state index in [4.69, 9.17) is 4.52 Å². The molecule has 3 aromatic rings. The number of benzene rings is 2. The standard InChI is InChI=1S/C18H13F3N2O2/c1-10(14-6-5-13(20)8-15(14)21)22-18(24)17-9-16(23-25-17)11-3-2-4-12(19)7-11/h2-10H,1H3,(H,22,24). The fraction of sp³-hybridized carbons (Fsp3) is 0.111. The highest BCUT2D eigenvalue weighted by Crippen LogP contribution is 2.21. The average Bonchev–Trinajstić information content (AvgIpc) is 3.04. The van der Waals surface area contributed by atoms with Crippen LogP contribution in [0.5, 0.6) is 0 Å². The molecule has 128 valence electrons. The van der Waals surface area contributed by atoms with Gasteiger partial charge in [0.05, 0.1) is 6.04 Å². The molecule has 1 N–H and O–H groups in total. The van der Waals surface area contributed by atoms with Crippen LogP contribution >= 0.6 is 0 Å². The van der Waals surface area contributed by atoms with Crippen LogP contribution in [0.1, 0.15) is 29.1 Å². The number of carbonyl (C=O) groups is 1. The molecule has 7 heteroatoms. The molecule has 1 amide bonds. The summed E-state index contributed by atoms with van der Waals surface area (Å²) in [7, 11) is 0. The van der Waals surface area contributed by atoms with Gasteiger partial charge in [-0.25, -0.2) is 13.2 Å². The van der Waals surface area contributed by atoms with Gasteiger partial charge >= 0.3 is 0 Å². The number of hydrogen-bond donors (Lipinski definition) is 1. The summed E-state index contributed by atoms with van der Waals surface area (Å²) in [5.41, 5.74) is 0.894. The molecule has 0 aliphatic heterocycles. The van der Waals surface area contributed by atoms with Crippen molar-refractivity contribution in [3.05, 3.63) is 77.3 Å². The normalized spacial score (nSPS) is 12.0. The molecule has 0 fully saturated rings. The van der Waals surface area contributed by atoms with E-state index in [2.05, 4.69) is 10.5 Å². The summed E-state index contributed by atoms with van der Waals surface area (Å²) in [6.07, 6.45) is 0. The van der Waals surface area contributed by atoms with Crippen molar-refractivity contribution in [3.8, 4) is 11.3 Å². The van der Waals surface area contributed by atoms with Gasteiger partial charge in [-0.3, -0.25) is 4.79 Å². The highest BCUT2D eigenvalue weighted by Gasteiger charge is 2.19. The van der Waals surface area contributed by atoms with Crippen LogP contribution in [0.3, 0.4) is 0 Å². The van der Waals surface area contributed by atoms with Crippen LogP contribution in [0.4, 0.5) is 13.2 Å². The Morgan fingerprint density at radius 3 is 2.56 bits per heavy atom. The lowest BCUT2D eigenvalue weighted by molar-refractivity contribution is 0.0902. The maximum absolute atomic E-state index is 13.8. The largest absolute Gasteiger partial charge is 0.350 e. The van der Waals surface area contributed by atoms with Crippen molar-refractivity contribution in [2.24, 2.45) is 0 Å². The first kappa shape index (κ1) is 16.8. The van der Waals surface area contributed by atoms with E-state index in [9.17, 15) is 18.0 Å². The Balaban J connectivity index is 1.75. The van der Waals surface area contributed by atoms with Gasteiger partial charge in [0.1, 0.15) is 23.1 Å². The smallest absolute Gasteiger partial charge is 0.290 e. The molecule has 0 saturated heterocycles. The zero-order chi connectivity index (χ0) is 18.0. The van der Waals surface area contributed by atoms with E-state index in [1.54, 1.807) is 13.0 Å². The van der Waals surface area contributed by atoms with Crippen LogP contribution < -0.4 is 5.32 Å². The predicted octanol–water partition coefficient (Wildman–Crippen LogP) is 4.25. The summed E-state index contributed by atoms with van der Waals surface area (Å²) >= 11 is 0. The quantitative estimate of drug-likeness (QED) is 0.768. The Hall–Kier alpha value is -3.09. The topological polar surface area (TPSA) is 55.1 Å². The number of amides is 1. The second-order valence-electron chi connectivity index (χ2n) is 5.45. The van der Waals surface area contributed by atoms with Gasteiger partial charge in [-0.15, -0.1) is 0 Å². The minimum absolute atomic E-state index is 0.103. The summed E-state index contributed by atoms with van der Waals surface area (Å²) in [5, 5.41) is 6.27. The predicted molar refractivity (Wildman–Crippen MR) is 84.1 cm³/mol. The molecule has 1 atom stereocenters. The van der Waals surface area contributed by atoms with Crippen LogP contribution in [0.2, 0.25) is 0 Å². The molecule has 1 heterocycles. The minimum Gasteiger partial charge on any atom is -0.350 e. The molecule has 3 rings (SSSR count). The summed E-state index contributed by atoms with van der Waals surface area (Å²) in [5.74, 6) is -2.62. The van der Waals surface area contributed by atoms with Crippen molar-refractivity contribution < 1.29 is 22.5 Å². The van der Waals surface area contributed by atoms with Crippen LogP contribution in [0.15, 0.2) is 53.1 Å². The summed E-state index contributed by atoms with van der Waals surface area (Å²) in [6, 6.07) is 9.44. The molecule has 0 radical (unpaired) electrons. The SMILES string of the molecule is CC(NC(=O)c1cc(-c2cccc(F)c2)no1)c1ccc(F)cc1F. The molecule has 4 nitrogen and oxygen atoms in total.